The predicted molar refractivity (Wildman–Crippen MR) is 81.3 cm³/mol. The van der Waals surface area contributed by atoms with Crippen LogP contribution in [0.15, 0.2) is 6.07 Å². The lowest BCUT2D eigenvalue weighted by atomic mass is 10.0. The van der Waals surface area contributed by atoms with Crippen LogP contribution in [0.1, 0.15) is 63.0 Å². The second kappa shape index (κ2) is 6.04. The molecule has 0 aromatic carbocycles. The highest BCUT2D eigenvalue weighted by molar-refractivity contribution is 7.71. The van der Waals surface area contributed by atoms with Crippen LogP contribution in [0, 0.1) is 4.64 Å². The third kappa shape index (κ3) is 3.16. The summed E-state index contributed by atoms with van der Waals surface area (Å²) >= 11 is 5.37. The molecule has 2 aliphatic rings. The average Bonchev–Trinajstić information content (AvgIpc) is 2.81. The molecule has 1 aromatic heterocycles. The van der Waals surface area contributed by atoms with E-state index >= 15 is 0 Å². The first-order chi connectivity index (χ1) is 9.33. The fourth-order valence-electron chi connectivity index (χ4n) is 3.35. The molecule has 0 atom stereocenters. The van der Waals surface area contributed by atoms with Gasteiger partial charge in [0.2, 0.25) is 5.95 Å². The van der Waals surface area contributed by atoms with Crippen LogP contribution >= 0.6 is 12.2 Å². The van der Waals surface area contributed by atoms with Gasteiger partial charge in [-0.2, -0.15) is 0 Å². The molecule has 2 fully saturated rings. The predicted octanol–water partition coefficient (Wildman–Crippen LogP) is 4.18. The Morgan fingerprint density at radius 1 is 1.05 bits per heavy atom. The van der Waals surface area contributed by atoms with Gasteiger partial charge in [0.15, 0.2) is 0 Å². The van der Waals surface area contributed by atoms with Crippen LogP contribution in [0.5, 0.6) is 0 Å². The van der Waals surface area contributed by atoms with Crippen molar-refractivity contribution in [3.05, 3.63) is 16.4 Å². The first kappa shape index (κ1) is 13.1. The van der Waals surface area contributed by atoms with Gasteiger partial charge in [0, 0.05) is 18.8 Å². The fraction of sp³-hybridized carbons (Fsp3) is 0.733. The number of anilines is 1. The zero-order chi connectivity index (χ0) is 13.1. The highest BCUT2D eigenvalue weighted by Gasteiger charge is 2.19. The van der Waals surface area contributed by atoms with Gasteiger partial charge in [-0.1, -0.05) is 37.9 Å². The summed E-state index contributed by atoms with van der Waals surface area (Å²) in [5.74, 6) is 1.69. The van der Waals surface area contributed by atoms with E-state index in [9.17, 15) is 0 Å². The van der Waals surface area contributed by atoms with Gasteiger partial charge in [0.25, 0.3) is 0 Å². The summed E-state index contributed by atoms with van der Waals surface area (Å²) in [6.07, 6.45) is 10.5. The molecule has 0 radical (unpaired) electrons. The minimum absolute atomic E-state index is 0.676. The molecule has 0 bridgehead atoms. The molecule has 1 N–H and O–H groups in total. The molecule has 104 valence electrons. The Morgan fingerprint density at radius 2 is 1.74 bits per heavy atom. The molecule has 0 spiro atoms. The van der Waals surface area contributed by atoms with Crippen molar-refractivity contribution >= 4 is 18.2 Å². The highest BCUT2D eigenvalue weighted by Crippen LogP contribution is 2.33. The lowest BCUT2D eigenvalue weighted by Crippen LogP contribution is -2.26. The molecule has 1 saturated heterocycles. The molecule has 1 aliphatic heterocycles. The first-order valence-corrected chi connectivity index (χ1v) is 8.10. The SMILES string of the molecule is S=c1cc(C2CCCC2)[nH]c(N2CCCCCC2)n1. The summed E-state index contributed by atoms with van der Waals surface area (Å²) in [6.45, 7) is 2.23. The maximum Gasteiger partial charge on any atom is 0.204 e. The van der Waals surface area contributed by atoms with Gasteiger partial charge >= 0.3 is 0 Å². The van der Waals surface area contributed by atoms with Crippen molar-refractivity contribution in [1.29, 1.82) is 0 Å². The monoisotopic (exact) mass is 277 g/mol. The standard InChI is InChI=1S/C15H23N3S/c19-14-11-13(12-7-3-4-8-12)16-15(17-14)18-9-5-1-2-6-10-18/h11-12H,1-10H2,(H,16,17,19). The minimum Gasteiger partial charge on any atom is -0.342 e. The molecule has 1 aliphatic carbocycles. The van der Waals surface area contributed by atoms with Gasteiger partial charge in [-0.25, -0.2) is 4.98 Å². The maximum absolute atomic E-state index is 5.37. The smallest absolute Gasteiger partial charge is 0.204 e. The van der Waals surface area contributed by atoms with Crippen molar-refractivity contribution in [1.82, 2.24) is 9.97 Å². The molecule has 1 aromatic rings. The molecule has 4 heteroatoms. The Bertz CT molecular complexity index is 469. The Labute approximate surface area is 120 Å². The lowest BCUT2D eigenvalue weighted by molar-refractivity contribution is 0.681. The molecule has 3 rings (SSSR count). The van der Waals surface area contributed by atoms with E-state index in [4.69, 9.17) is 12.2 Å². The molecule has 2 heterocycles. The van der Waals surface area contributed by atoms with Crippen LogP contribution in [0.2, 0.25) is 0 Å². The largest absolute Gasteiger partial charge is 0.342 e. The zero-order valence-corrected chi connectivity index (χ0v) is 12.3. The van der Waals surface area contributed by atoms with E-state index in [0.29, 0.717) is 5.92 Å². The van der Waals surface area contributed by atoms with Crippen LogP contribution in [-0.4, -0.2) is 23.1 Å². The summed E-state index contributed by atoms with van der Waals surface area (Å²) in [4.78, 5) is 10.5. The van der Waals surface area contributed by atoms with E-state index in [1.807, 2.05) is 0 Å². The summed E-state index contributed by atoms with van der Waals surface area (Å²) in [6, 6.07) is 2.08. The molecule has 3 nitrogen and oxygen atoms in total. The highest BCUT2D eigenvalue weighted by atomic mass is 32.1. The van der Waals surface area contributed by atoms with Crippen molar-refractivity contribution in [2.45, 2.75) is 57.3 Å². The van der Waals surface area contributed by atoms with Gasteiger partial charge < -0.3 is 9.88 Å². The Morgan fingerprint density at radius 3 is 2.42 bits per heavy atom. The van der Waals surface area contributed by atoms with Gasteiger partial charge in [0.1, 0.15) is 4.64 Å². The van der Waals surface area contributed by atoms with Crippen molar-refractivity contribution in [3.8, 4) is 0 Å². The van der Waals surface area contributed by atoms with Gasteiger partial charge in [0.05, 0.1) is 0 Å². The number of nitrogens with zero attached hydrogens (tertiary/aromatic N) is 2. The Hall–Kier alpha value is -0.900. The first-order valence-electron chi connectivity index (χ1n) is 7.69. The van der Waals surface area contributed by atoms with Crippen molar-refractivity contribution in [3.63, 3.8) is 0 Å². The van der Waals surface area contributed by atoms with Gasteiger partial charge in [-0.3, -0.25) is 0 Å². The van der Waals surface area contributed by atoms with Crippen LogP contribution < -0.4 is 4.90 Å². The fourth-order valence-corrected chi connectivity index (χ4v) is 3.57. The third-order valence-corrected chi connectivity index (χ3v) is 4.66. The van der Waals surface area contributed by atoms with Crippen molar-refractivity contribution in [2.75, 3.05) is 18.0 Å². The molecule has 0 amide bonds. The lowest BCUT2D eigenvalue weighted by Gasteiger charge is -2.22. The second-order valence-electron chi connectivity index (χ2n) is 5.88. The molecule has 1 saturated carbocycles. The quantitative estimate of drug-likeness (QED) is 0.823. The van der Waals surface area contributed by atoms with Crippen LogP contribution in [0.25, 0.3) is 0 Å². The Balaban J connectivity index is 1.85. The van der Waals surface area contributed by atoms with E-state index < -0.39 is 0 Å². The number of hydrogen-bond donors (Lipinski definition) is 1. The molecule has 19 heavy (non-hydrogen) atoms. The molecular formula is C15H23N3S. The number of aromatic amines is 1. The number of nitrogens with one attached hydrogen (secondary N) is 1. The van der Waals surface area contributed by atoms with Crippen LogP contribution in [-0.2, 0) is 0 Å². The Kier molecular flexibility index (Phi) is 4.16. The minimum atomic E-state index is 0.676. The normalized spacial score (nSPS) is 21.6. The summed E-state index contributed by atoms with van der Waals surface area (Å²) < 4.78 is 0.750. The summed E-state index contributed by atoms with van der Waals surface area (Å²) in [5.41, 5.74) is 1.32. The van der Waals surface area contributed by atoms with Crippen molar-refractivity contribution < 1.29 is 0 Å². The van der Waals surface area contributed by atoms with E-state index in [1.165, 1.54) is 57.1 Å². The summed E-state index contributed by atoms with van der Waals surface area (Å²) in [7, 11) is 0. The number of aromatic nitrogens is 2. The van der Waals surface area contributed by atoms with E-state index in [0.717, 1.165) is 23.7 Å². The van der Waals surface area contributed by atoms with Gasteiger partial charge in [-0.15, -0.1) is 0 Å². The molecular weight excluding hydrogens is 254 g/mol. The van der Waals surface area contributed by atoms with E-state index in [1.54, 1.807) is 0 Å². The van der Waals surface area contributed by atoms with Crippen molar-refractivity contribution in [2.24, 2.45) is 0 Å². The second-order valence-corrected chi connectivity index (χ2v) is 6.30. The number of H-pyrrole nitrogens is 1. The van der Waals surface area contributed by atoms with Crippen LogP contribution in [0.3, 0.4) is 0 Å². The average molecular weight is 277 g/mol. The van der Waals surface area contributed by atoms with Gasteiger partial charge in [-0.05, 0) is 37.7 Å². The number of rotatable bonds is 2. The van der Waals surface area contributed by atoms with Crippen LogP contribution in [0.4, 0.5) is 5.95 Å². The number of hydrogen-bond acceptors (Lipinski definition) is 3. The molecule has 0 unspecified atom stereocenters. The third-order valence-electron chi connectivity index (χ3n) is 4.45. The van der Waals surface area contributed by atoms with E-state index in [-0.39, 0.29) is 0 Å². The zero-order valence-electron chi connectivity index (χ0n) is 11.5. The van der Waals surface area contributed by atoms with E-state index in [2.05, 4.69) is 20.9 Å². The summed E-state index contributed by atoms with van der Waals surface area (Å²) in [5, 5.41) is 0. The maximum atomic E-state index is 5.37. The topological polar surface area (TPSA) is 31.9 Å².